The standard InChI is InChI=1S/C21H26N4O3/c26-20(18-3-1-2-8-22-18)16-6-9-24(10-7-16)19-5-4-17(15-23-19)21(27)25-11-13-28-14-12-25/h1-5,8,15-16,20,26H,6-7,9-14H2. The van der Waals surface area contributed by atoms with E-state index in [1.54, 1.807) is 12.4 Å². The van der Waals surface area contributed by atoms with Crippen LogP contribution in [0.2, 0.25) is 0 Å². The van der Waals surface area contributed by atoms with Crippen LogP contribution in [-0.2, 0) is 4.74 Å². The quantitative estimate of drug-likeness (QED) is 0.870. The highest BCUT2D eigenvalue weighted by atomic mass is 16.5. The largest absolute Gasteiger partial charge is 0.387 e. The van der Waals surface area contributed by atoms with E-state index >= 15 is 0 Å². The van der Waals surface area contributed by atoms with Gasteiger partial charge >= 0.3 is 0 Å². The molecule has 0 radical (unpaired) electrons. The van der Waals surface area contributed by atoms with E-state index in [1.807, 2.05) is 35.2 Å². The third-order valence-corrected chi connectivity index (χ3v) is 5.59. The van der Waals surface area contributed by atoms with E-state index in [0.29, 0.717) is 31.9 Å². The molecule has 148 valence electrons. The first kappa shape index (κ1) is 18.8. The van der Waals surface area contributed by atoms with Crippen molar-refractivity contribution in [3.8, 4) is 0 Å². The number of aliphatic hydroxyl groups is 1. The fourth-order valence-electron chi connectivity index (χ4n) is 3.89. The second-order valence-corrected chi connectivity index (χ2v) is 7.33. The topological polar surface area (TPSA) is 78.8 Å². The van der Waals surface area contributed by atoms with Crippen molar-refractivity contribution in [2.75, 3.05) is 44.3 Å². The minimum atomic E-state index is -0.523. The molecule has 0 aromatic carbocycles. The van der Waals surface area contributed by atoms with Crippen molar-refractivity contribution in [1.29, 1.82) is 0 Å². The smallest absolute Gasteiger partial charge is 0.255 e. The number of hydrogen-bond acceptors (Lipinski definition) is 6. The Morgan fingerprint density at radius 3 is 2.50 bits per heavy atom. The highest BCUT2D eigenvalue weighted by Gasteiger charge is 2.27. The van der Waals surface area contributed by atoms with E-state index in [-0.39, 0.29) is 11.8 Å². The van der Waals surface area contributed by atoms with Crippen LogP contribution in [0, 0.1) is 5.92 Å². The predicted molar refractivity (Wildman–Crippen MR) is 105 cm³/mol. The van der Waals surface area contributed by atoms with Gasteiger partial charge in [-0.1, -0.05) is 6.07 Å². The van der Waals surface area contributed by atoms with Crippen molar-refractivity contribution < 1.29 is 14.6 Å². The Hall–Kier alpha value is -2.51. The lowest BCUT2D eigenvalue weighted by Gasteiger charge is -2.34. The number of piperidine rings is 1. The van der Waals surface area contributed by atoms with Gasteiger partial charge in [0.25, 0.3) is 5.91 Å². The molecule has 1 atom stereocenters. The van der Waals surface area contributed by atoms with Crippen molar-refractivity contribution in [1.82, 2.24) is 14.9 Å². The fourth-order valence-corrected chi connectivity index (χ4v) is 3.89. The second-order valence-electron chi connectivity index (χ2n) is 7.33. The highest BCUT2D eigenvalue weighted by Crippen LogP contribution is 2.31. The lowest BCUT2D eigenvalue weighted by atomic mass is 9.89. The van der Waals surface area contributed by atoms with Gasteiger partial charge in [0.05, 0.1) is 30.6 Å². The van der Waals surface area contributed by atoms with Gasteiger partial charge in [0.1, 0.15) is 5.82 Å². The molecule has 2 aromatic rings. The van der Waals surface area contributed by atoms with Crippen LogP contribution in [0.5, 0.6) is 0 Å². The van der Waals surface area contributed by atoms with Crippen LogP contribution in [0.3, 0.4) is 0 Å². The van der Waals surface area contributed by atoms with Crippen molar-refractivity contribution >= 4 is 11.7 Å². The summed E-state index contributed by atoms with van der Waals surface area (Å²) in [5, 5.41) is 10.6. The zero-order valence-electron chi connectivity index (χ0n) is 15.9. The molecule has 2 saturated heterocycles. The summed E-state index contributed by atoms with van der Waals surface area (Å²) in [6, 6.07) is 9.42. The molecular weight excluding hydrogens is 356 g/mol. The first-order valence-electron chi connectivity index (χ1n) is 9.89. The number of rotatable bonds is 4. The zero-order chi connectivity index (χ0) is 19.3. The van der Waals surface area contributed by atoms with E-state index in [2.05, 4.69) is 14.9 Å². The van der Waals surface area contributed by atoms with Crippen LogP contribution < -0.4 is 4.90 Å². The van der Waals surface area contributed by atoms with Gasteiger partial charge in [-0.25, -0.2) is 4.98 Å². The summed E-state index contributed by atoms with van der Waals surface area (Å²) >= 11 is 0. The van der Waals surface area contributed by atoms with E-state index in [9.17, 15) is 9.90 Å². The monoisotopic (exact) mass is 382 g/mol. The molecular formula is C21H26N4O3. The first-order valence-corrected chi connectivity index (χ1v) is 9.89. The second kappa shape index (κ2) is 8.67. The maximum absolute atomic E-state index is 12.5. The number of ether oxygens (including phenoxy) is 1. The third-order valence-electron chi connectivity index (χ3n) is 5.59. The molecule has 4 rings (SSSR count). The Bertz CT molecular complexity index is 770. The van der Waals surface area contributed by atoms with Gasteiger partial charge < -0.3 is 19.6 Å². The molecule has 2 aliphatic heterocycles. The first-order chi connectivity index (χ1) is 13.7. The molecule has 1 N–H and O–H groups in total. The number of aromatic nitrogens is 2. The third kappa shape index (κ3) is 4.15. The summed E-state index contributed by atoms with van der Waals surface area (Å²) in [6.45, 7) is 4.11. The molecule has 28 heavy (non-hydrogen) atoms. The number of hydrogen-bond donors (Lipinski definition) is 1. The van der Waals surface area contributed by atoms with E-state index in [4.69, 9.17) is 4.74 Å². The number of carbonyl (C=O) groups is 1. The van der Waals surface area contributed by atoms with Crippen LogP contribution in [0.25, 0.3) is 0 Å². The molecule has 2 fully saturated rings. The molecule has 0 aliphatic carbocycles. The molecule has 1 amide bonds. The number of pyridine rings is 2. The van der Waals surface area contributed by atoms with Crippen LogP contribution in [0.15, 0.2) is 42.7 Å². The lowest BCUT2D eigenvalue weighted by Crippen LogP contribution is -2.40. The van der Waals surface area contributed by atoms with Crippen molar-refractivity contribution in [3.05, 3.63) is 54.0 Å². The Balaban J connectivity index is 1.34. The molecule has 0 spiro atoms. The number of anilines is 1. The van der Waals surface area contributed by atoms with Crippen LogP contribution in [-0.4, -0.2) is 65.3 Å². The van der Waals surface area contributed by atoms with Gasteiger partial charge in [0.15, 0.2) is 0 Å². The minimum Gasteiger partial charge on any atom is -0.387 e. The Morgan fingerprint density at radius 2 is 1.86 bits per heavy atom. The van der Waals surface area contributed by atoms with Gasteiger partial charge in [-0.05, 0) is 43.0 Å². The van der Waals surface area contributed by atoms with Gasteiger partial charge in [-0.3, -0.25) is 9.78 Å². The fraction of sp³-hybridized carbons (Fsp3) is 0.476. The summed E-state index contributed by atoms with van der Waals surface area (Å²) in [4.78, 5) is 25.3. The van der Waals surface area contributed by atoms with E-state index < -0.39 is 6.10 Å². The van der Waals surface area contributed by atoms with Gasteiger partial charge in [0.2, 0.25) is 0 Å². The molecule has 1 unspecified atom stereocenters. The van der Waals surface area contributed by atoms with Crippen LogP contribution in [0.4, 0.5) is 5.82 Å². The summed E-state index contributed by atoms with van der Waals surface area (Å²) in [5.41, 5.74) is 1.36. The van der Waals surface area contributed by atoms with Gasteiger partial charge in [-0.2, -0.15) is 0 Å². The number of carbonyl (C=O) groups excluding carboxylic acids is 1. The predicted octanol–water partition coefficient (Wildman–Crippen LogP) is 1.90. The number of nitrogens with zero attached hydrogens (tertiary/aromatic N) is 4. The minimum absolute atomic E-state index is 0.0135. The van der Waals surface area contributed by atoms with Crippen molar-refractivity contribution in [2.45, 2.75) is 18.9 Å². The number of amides is 1. The summed E-state index contributed by atoms with van der Waals surface area (Å²) < 4.78 is 5.30. The van der Waals surface area contributed by atoms with Crippen LogP contribution in [0.1, 0.15) is 35.0 Å². The van der Waals surface area contributed by atoms with Gasteiger partial charge in [-0.15, -0.1) is 0 Å². The van der Waals surface area contributed by atoms with E-state index in [1.165, 1.54) is 0 Å². The maximum Gasteiger partial charge on any atom is 0.255 e. The summed E-state index contributed by atoms with van der Waals surface area (Å²) in [7, 11) is 0. The number of morpholine rings is 1. The number of aliphatic hydroxyl groups excluding tert-OH is 1. The molecule has 0 saturated carbocycles. The van der Waals surface area contributed by atoms with Crippen LogP contribution >= 0.6 is 0 Å². The summed E-state index contributed by atoms with van der Waals surface area (Å²) in [6.07, 6.45) is 4.63. The SMILES string of the molecule is O=C(c1ccc(N2CCC(C(O)c3ccccn3)CC2)nc1)N1CCOCC1. The molecule has 0 bridgehead atoms. The Kier molecular flexibility index (Phi) is 5.83. The molecule has 7 heteroatoms. The van der Waals surface area contributed by atoms with E-state index in [0.717, 1.165) is 37.4 Å². The maximum atomic E-state index is 12.5. The Morgan fingerprint density at radius 1 is 1.07 bits per heavy atom. The van der Waals surface area contributed by atoms with Crippen molar-refractivity contribution in [2.24, 2.45) is 5.92 Å². The zero-order valence-corrected chi connectivity index (χ0v) is 15.9. The van der Waals surface area contributed by atoms with Gasteiger partial charge in [0, 0.05) is 38.6 Å². The highest BCUT2D eigenvalue weighted by molar-refractivity contribution is 5.94. The molecule has 2 aliphatic rings. The Labute approximate surface area is 165 Å². The summed E-state index contributed by atoms with van der Waals surface area (Å²) in [5.74, 6) is 1.09. The normalized spacial score (nSPS) is 19.5. The average Bonchev–Trinajstić information content (AvgIpc) is 2.79. The van der Waals surface area contributed by atoms with Crippen molar-refractivity contribution in [3.63, 3.8) is 0 Å². The lowest BCUT2D eigenvalue weighted by molar-refractivity contribution is 0.0302. The molecule has 4 heterocycles. The molecule has 7 nitrogen and oxygen atoms in total. The molecule has 2 aromatic heterocycles. The average molecular weight is 382 g/mol.